The predicted molar refractivity (Wildman–Crippen MR) is 82.8 cm³/mol. The molecule has 5 nitrogen and oxygen atoms in total. The molecule has 2 rings (SSSR count). The Hall–Kier alpha value is -2.53. The van der Waals surface area contributed by atoms with E-state index in [2.05, 4.69) is 5.32 Å². The van der Waals surface area contributed by atoms with Gasteiger partial charge in [-0.1, -0.05) is 42.5 Å². The van der Waals surface area contributed by atoms with E-state index in [1.807, 2.05) is 42.5 Å². The summed E-state index contributed by atoms with van der Waals surface area (Å²) in [7, 11) is 0. The van der Waals surface area contributed by atoms with E-state index >= 15 is 0 Å². The monoisotopic (exact) mass is 301 g/mol. The smallest absolute Gasteiger partial charge is 0.404 e. The Kier molecular flexibility index (Phi) is 5.80. The molecule has 3 N–H and O–H groups in total. The van der Waals surface area contributed by atoms with Gasteiger partial charge in [0.25, 0.3) is 0 Å². The van der Waals surface area contributed by atoms with E-state index in [0.29, 0.717) is 24.3 Å². The van der Waals surface area contributed by atoms with E-state index in [1.54, 1.807) is 12.1 Å². The lowest BCUT2D eigenvalue weighted by molar-refractivity contribution is 0.161. The van der Waals surface area contributed by atoms with Crippen LogP contribution in [-0.2, 0) is 6.61 Å². The van der Waals surface area contributed by atoms with Crippen molar-refractivity contribution in [2.45, 2.75) is 19.1 Å². The number of nitrogens with one attached hydrogen (secondary N) is 1. The maximum Gasteiger partial charge on any atom is 0.404 e. The number of benzene rings is 2. The van der Waals surface area contributed by atoms with Crippen LogP contribution in [0.4, 0.5) is 4.79 Å². The van der Waals surface area contributed by atoms with Gasteiger partial charge in [-0.25, -0.2) is 4.79 Å². The first kappa shape index (κ1) is 15.9. The molecular formula is C17H19NO4. The standard InChI is InChI=1S/C17H19NO4/c19-16(9-10-18-17(20)21)14-7-4-8-15(11-14)22-12-13-5-2-1-3-6-13/h1-8,11,16,18-19H,9-10,12H2,(H,20,21). The number of hydrogen-bond donors (Lipinski definition) is 3. The number of carboxylic acid groups (broad SMARTS) is 1. The van der Waals surface area contributed by atoms with E-state index in [0.717, 1.165) is 5.56 Å². The van der Waals surface area contributed by atoms with Gasteiger partial charge in [0, 0.05) is 6.54 Å². The Bertz CT molecular complexity index is 601. The second-order valence-corrected chi connectivity index (χ2v) is 4.88. The van der Waals surface area contributed by atoms with Gasteiger partial charge < -0.3 is 20.3 Å². The fraction of sp³-hybridized carbons (Fsp3) is 0.235. The minimum Gasteiger partial charge on any atom is -0.489 e. The molecule has 0 bridgehead atoms. The van der Waals surface area contributed by atoms with Gasteiger partial charge in [-0.3, -0.25) is 0 Å². The highest BCUT2D eigenvalue weighted by Gasteiger charge is 2.09. The van der Waals surface area contributed by atoms with E-state index in [1.165, 1.54) is 0 Å². The number of aliphatic hydroxyl groups is 1. The van der Waals surface area contributed by atoms with Crippen molar-refractivity contribution in [1.82, 2.24) is 5.32 Å². The van der Waals surface area contributed by atoms with E-state index < -0.39 is 12.2 Å². The molecule has 5 heteroatoms. The summed E-state index contributed by atoms with van der Waals surface area (Å²) >= 11 is 0. The average molecular weight is 301 g/mol. The summed E-state index contributed by atoms with van der Waals surface area (Å²) in [5.74, 6) is 0.673. The maximum absolute atomic E-state index is 10.4. The second kappa shape index (κ2) is 8.05. The van der Waals surface area contributed by atoms with Gasteiger partial charge in [0.05, 0.1) is 6.10 Å². The Morgan fingerprint density at radius 2 is 1.91 bits per heavy atom. The highest BCUT2D eigenvalue weighted by atomic mass is 16.5. The molecule has 0 fully saturated rings. The summed E-state index contributed by atoms with van der Waals surface area (Å²) in [4.78, 5) is 10.4. The van der Waals surface area contributed by atoms with Gasteiger partial charge in [-0.15, -0.1) is 0 Å². The minimum absolute atomic E-state index is 0.200. The van der Waals surface area contributed by atoms with Crippen molar-refractivity contribution in [3.8, 4) is 5.75 Å². The molecule has 2 aromatic carbocycles. The third-order valence-corrected chi connectivity index (χ3v) is 3.19. The zero-order valence-electron chi connectivity index (χ0n) is 12.1. The first-order chi connectivity index (χ1) is 10.6. The van der Waals surface area contributed by atoms with Crippen LogP contribution in [0.1, 0.15) is 23.7 Å². The zero-order chi connectivity index (χ0) is 15.8. The number of hydrogen-bond acceptors (Lipinski definition) is 3. The van der Waals surface area contributed by atoms with Gasteiger partial charge in [0.1, 0.15) is 12.4 Å². The maximum atomic E-state index is 10.4. The normalized spacial score (nSPS) is 11.7. The van der Waals surface area contributed by atoms with Crippen molar-refractivity contribution >= 4 is 6.09 Å². The van der Waals surface area contributed by atoms with Crippen molar-refractivity contribution in [2.24, 2.45) is 0 Å². The largest absolute Gasteiger partial charge is 0.489 e. The molecule has 0 aliphatic heterocycles. The van der Waals surface area contributed by atoms with Crippen LogP contribution in [0.2, 0.25) is 0 Å². The van der Waals surface area contributed by atoms with Crippen molar-refractivity contribution in [3.05, 3.63) is 65.7 Å². The van der Waals surface area contributed by atoms with Crippen molar-refractivity contribution < 1.29 is 19.7 Å². The average Bonchev–Trinajstić information content (AvgIpc) is 2.54. The Morgan fingerprint density at radius 3 is 2.64 bits per heavy atom. The topological polar surface area (TPSA) is 78.8 Å². The van der Waals surface area contributed by atoms with Crippen LogP contribution in [0.5, 0.6) is 5.75 Å². The first-order valence-electron chi connectivity index (χ1n) is 7.06. The molecule has 1 unspecified atom stereocenters. The van der Waals surface area contributed by atoms with Crippen LogP contribution in [0.3, 0.4) is 0 Å². The molecule has 0 aromatic heterocycles. The molecule has 2 aromatic rings. The SMILES string of the molecule is O=C(O)NCCC(O)c1cccc(OCc2ccccc2)c1. The molecule has 22 heavy (non-hydrogen) atoms. The molecular weight excluding hydrogens is 282 g/mol. The fourth-order valence-electron chi connectivity index (χ4n) is 2.03. The van der Waals surface area contributed by atoms with Gasteiger partial charge in [0.15, 0.2) is 0 Å². The van der Waals surface area contributed by atoms with Crippen LogP contribution in [0.15, 0.2) is 54.6 Å². The van der Waals surface area contributed by atoms with Gasteiger partial charge in [-0.2, -0.15) is 0 Å². The highest BCUT2D eigenvalue weighted by Crippen LogP contribution is 2.22. The summed E-state index contributed by atoms with van der Waals surface area (Å²) in [6, 6.07) is 17.0. The van der Waals surface area contributed by atoms with E-state index in [9.17, 15) is 9.90 Å². The molecule has 0 radical (unpaired) electrons. The third kappa shape index (κ3) is 5.10. The summed E-state index contributed by atoms with van der Waals surface area (Å²) in [6.07, 6.45) is -1.51. The number of aliphatic hydroxyl groups excluding tert-OH is 1. The van der Waals surface area contributed by atoms with Crippen LogP contribution in [0, 0.1) is 0 Å². The lowest BCUT2D eigenvalue weighted by atomic mass is 10.1. The lowest BCUT2D eigenvalue weighted by Crippen LogP contribution is -2.23. The van der Waals surface area contributed by atoms with E-state index in [4.69, 9.17) is 9.84 Å². The number of carbonyl (C=O) groups is 1. The van der Waals surface area contributed by atoms with E-state index in [-0.39, 0.29) is 6.54 Å². The third-order valence-electron chi connectivity index (χ3n) is 3.19. The minimum atomic E-state index is -1.09. The summed E-state index contributed by atoms with van der Waals surface area (Å²) < 4.78 is 5.70. The van der Waals surface area contributed by atoms with Gasteiger partial charge >= 0.3 is 6.09 Å². The fourth-order valence-corrected chi connectivity index (χ4v) is 2.03. The van der Waals surface area contributed by atoms with Gasteiger partial charge in [-0.05, 0) is 29.7 Å². The van der Waals surface area contributed by atoms with Crippen LogP contribution >= 0.6 is 0 Å². The molecule has 0 saturated carbocycles. The highest BCUT2D eigenvalue weighted by molar-refractivity contribution is 5.64. The molecule has 0 saturated heterocycles. The van der Waals surface area contributed by atoms with Crippen molar-refractivity contribution in [2.75, 3.05) is 6.54 Å². The predicted octanol–water partition coefficient (Wildman–Crippen LogP) is 2.96. The van der Waals surface area contributed by atoms with Crippen LogP contribution in [-0.4, -0.2) is 22.9 Å². The molecule has 116 valence electrons. The quantitative estimate of drug-likeness (QED) is 0.734. The Balaban J connectivity index is 1.90. The summed E-state index contributed by atoms with van der Waals surface area (Å²) in [6.45, 7) is 0.659. The zero-order valence-corrected chi connectivity index (χ0v) is 12.1. The molecule has 1 atom stereocenters. The molecule has 0 heterocycles. The molecule has 1 amide bonds. The van der Waals surface area contributed by atoms with Crippen LogP contribution < -0.4 is 10.1 Å². The summed E-state index contributed by atoms with van der Waals surface area (Å²) in [5.41, 5.74) is 1.77. The van der Waals surface area contributed by atoms with Gasteiger partial charge in [0.2, 0.25) is 0 Å². The first-order valence-corrected chi connectivity index (χ1v) is 7.06. The number of ether oxygens (including phenoxy) is 1. The molecule has 0 aliphatic carbocycles. The Labute approximate surface area is 129 Å². The molecule has 0 spiro atoms. The Morgan fingerprint density at radius 1 is 1.14 bits per heavy atom. The summed E-state index contributed by atoms with van der Waals surface area (Å²) in [5, 5.41) is 20.8. The number of rotatable bonds is 7. The molecule has 0 aliphatic rings. The van der Waals surface area contributed by atoms with Crippen LogP contribution in [0.25, 0.3) is 0 Å². The second-order valence-electron chi connectivity index (χ2n) is 4.88. The van der Waals surface area contributed by atoms with Crippen molar-refractivity contribution in [3.63, 3.8) is 0 Å². The lowest BCUT2D eigenvalue weighted by Gasteiger charge is -2.13. The van der Waals surface area contributed by atoms with Crippen molar-refractivity contribution in [1.29, 1.82) is 0 Å². The number of amides is 1.